The summed E-state index contributed by atoms with van der Waals surface area (Å²) in [7, 11) is 1.34. The number of amides is 3. The van der Waals surface area contributed by atoms with Crippen LogP contribution < -0.4 is 10.6 Å². The van der Waals surface area contributed by atoms with Gasteiger partial charge in [-0.3, -0.25) is 9.59 Å². The summed E-state index contributed by atoms with van der Waals surface area (Å²) in [5.41, 5.74) is 4.45. The fourth-order valence-corrected chi connectivity index (χ4v) is 5.65. The van der Waals surface area contributed by atoms with Gasteiger partial charge in [0.15, 0.2) is 0 Å². The standard InChI is InChI=1S/C39H47N3O7/c1-6-34(33(36(44)47-5)23-29-15-11-21-42(25-29)38(46)48-26-27-12-8-7-9-13-27)41-35(43)31-19-17-30(18-20-31)32-16-10-14-28(22-32)24-40-37(45)49-39(2,3)4/h7-10,12-20,22,33-34H,6,11,21,23-26H2,1-5H3,(H,40,45)(H,41,43)/t33-,34-/m1/s1. The molecule has 3 aromatic rings. The Morgan fingerprint density at radius 1 is 0.898 bits per heavy atom. The Morgan fingerprint density at radius 3 is 2.29 bits per heavy atom. The van der Waals surface area contributed by atoms with E-state index < -0.39 is 35.7 Å². The van der Waals surface area contributed by atoms with Crippen LogP contribution in [0.25, 0.3) is 11.1 Å². The Morgan fingerprint density at radius 2 is 1.61 bits per heavy atom. The summed E-state index contributed by atoms with van der Waals surface area (Å²) in [4.78, 5) is 52.9. The van der Waals surface area contributed by atoms with Crippen LogP contribution >= 0.6 is 0 Å². The van der Waals surface area contributed by atoms with Crippen molar-refractivity contribution in [3.63, 3.8) is 0 Å². The largest absolute Gasteiger partial charge is 0.469 e. The fraction of sp³-hybridized carbons (Fsp3) is 0.385. The van der Waals surface area contributed by atoms with Crippen molar-refractivity contribution in [2.75, 3.05) is 20.2 Å². The number of nitrogens with zero attached hydrogens (tertiary/aromatic N) is 1. The van der Waals surface area contributed by atoms with E-state index >= 15 is 0 Å². The maximum Gasteiger partial charge on any atom is 0.410 e. The first-order chi connectivity index (χ1) is 23.5. The van der Waals surface area contributed by atoms with Crippen molar-refractivity contribution in [3.05, 3.63) is 107 Å². The van der Waals surface area contributed by atoms with E-state index in [4.69, 9.17) is 14.2 Å². The Hall–Kier alpha value is -5.12. The highest BCUT2D eigenvalue weighted by Gasteiger charge is 2.32. The molecule has 0 radical (unpaired) electrons. The molecule has 260 valence electrons. The molecule has 0 saturated carbocycles. The number of nitrogens with one attached hydrogen (secondary N) is 2. The number of ether oxygens (including phenoxy) is 3. The minimum Gasteiger partial charge on any atom is -0.469 e. The molecule has 0 bridgehead atoms. The zero-order chi connectivity index (χ0) is 35.4. The lowest BCUT2D eigenvalue weighted by molar-refractivity contribution is -0.146. The second kappa shape index (κ2) is 17.3. The molecular formula is C39H47N3O7. The monoisotopic (exact) mass is 669 g/mol. The summed E-state index contributed by atoms with van der Waals surface area (Å²) in [6.45, 7) is 8.72. The summed E-state index contributed by atoms with van der Waals surface area (Å²) >= 11 is 0. The third kappa shape index (κ3) is 11.2. The van der Waals surface area contributed by atoms with Crippen LogP contribution in [0, 0.1) is 5.92 Å². The molecule has 0 saturated heterocycles. The van der Waals surface area contributed by atoms with E-state index in [1.165, 1.54) is 7.11 Å². The molecule has 1 aliphatic heterocycles. The van der Waals surface area contributed by atoms with Gasteiger partial charge in [-0.05, 0) is 80.5 Å². The molecule has 3 amide bonds. The van der Waals surface area contributed by atoms with Crippen molar-refractivity contribution < 1.29 is 33.4 Å². The Balaban J connectivity index is 1.36. The number of rotatable bonds is 12. The molecule has 10 nitrogen and oxygen atoms in total. The lowest BCUT2D eigenvalue weighted by atomic mass is 9.88. The zero-order valence-corrected chi connectivity index (χ0v) is 29.0. The van der Waals surface area contributed by atoms with Crippen molar-refractivity contribution in [2.45, 2.75) is 71.8 Å². The van der Waals surface area contributed by atoms with Gasteiger partial charge >= 0.3 is 18.2 Å². The van der Waals surface area contributed by atoms with Crippen LogP contribution in [0.2, 0.25) is 0 Å². The van der Waals surface area contributed by atoms with Gasteiger partial charge in [-0.15, -0.1) is 0 Å². The van der Waals surface area contributed by atoms with E-state index in [1.54, 1.807) is 17.0 Å². The fourth-order valence-electron chi connectivity index (χ4n) is 5.65. The SMILES string of the molecule is CC[C@@H](NC(=O)c1ccc(-c2cccc(CNC(=O)OC(C)(C)C)c2)cc1)[C@@H](CC1=CCCN(C(=O)OCc2ccccc2)C1)C(=O)OC. The number of hydrogen-bond donors (Lipinski definition) is 2. The normalized spacial score (nSPS) is 14.1. The molecule has 10 heteroatoms. The number of methoxy groups -OCH3 is 1. The number of esters is 1. The maximum absolute atomic E-state index is 13.4. The molecule has 49 heavy (non-hydrogen) atoms. The van der Waals surface area contributed by atoms with Gasteiger partial charge in [0.05, 0.1) is 13.0 Å². The molecule has 0 spiro atoms. The van der Waals surface area contributed by atoms with Crippen molar-refractivity contribution in [1.29, 1.82) is 0 Å². The topological polar surface area (TPSA) is 123 Å². The summed E-state index contributed by atoms with van der Waals surface area (Å²) < 4.78 is 16.0. The molecule has 3 aromatic carbocycles. The van der Waals surface area contributed by atoms with E-state index in [-0.39, 0.29) is 12.5 Å². The van der Waals surface area contributed by atoms with E-state index in [0.717, 1.165) is 27.8 Å². The van der Waals surface area contributed by atoms with Gasteiger partial charge in [-0.1, -0.05) is 79.2 Å². The number of benzene rings is 3. The highest BCUT2D eigenvalue weighted by molar-refractivity contribution is 5.95. The average molecular weight is 670 g/mol. The highest BCUT2D eigenvalue weighted by atomic mass is 16.6. The molecular weight excluding hydrogens is 622 g/mol. The van der Waals surface area contributed by atoms with Crippen molar-refractivity contribution >= 4 is 24.1 Å². The average Bonchev–Trinajstić information content (AvgIpc) is 3.10. The first kappa shape index (κ1) is 36.7. The number of carbonyl (C=O) groups is 4. The first-order valence-corrected chi connectivity index (χ1v) is 16.6. The van der Waals surface area contributed by atoms with Gasteiger partial charge < -0.3 is 29.7 Å². The number of alkyl carbamates (subject to hydrolysis) is 1. The second-order valence-electron chi connectivity index (χ2n) is 13.1. The van der Waals surface area contributed by atoms with E-state index in [9.17, 15) is 19.2 Å². The molecule has 0 unspecified atom stereocenters. The predicted octanol–water partition coefficient (Wildman–Crippen LogP) is 7.03. The molecule has 4 rings (SSSR count). The minimum atomic E-state index is -0.637. The summed E-state index contributed by atoms with van der Waals surface area (Å²) in [6.07, 6.45) is 2.65. The van der Waals surface area contributed by atoms with Gasteiger partial charge in [0.2, 0.25) is 0 Å². The zero-order valence-electron chi connectivity index (χ0n) is 29.0. The molecule has 1 aliphatic rings. The first-order valence-electron chi connectivity index (χ1n) is 16.6. The van der Waals surface area contributed by atoms with E-state index in [0.29, 0.717) is 44.5 Å². The number of hydrogen-bond acceptors (Lipinski definition) is 7. The lowest BCUT2D eigenvalue weighted by Crippen LogP contribution is -2.44. The van der Waals surface area contributed by atoms with Crippen LogP contribution in [0.3, 0.4) is 0 Å². The quantitative estimate of drug-likeness (QED) is 0.121. The van der Waals surface area contributed by atoms with Crippen LogP contribution in [0.1, 0.15) is 68.4 Å². The smallest absolute Gasteiger partial charge is 0.410 e. The Kier molecular flexibility index (Phi) is 13.0. The van der Waals surface area contributed by atoms with E-state index in [1.807, 2.05) is 101 Å². The minimum absolute atomic E-state index is 0.185. The second-order valence-corrected chi connectivity index (χ2v) is 13.1. The lowest BCUT2D eigenvalue weighted by Gasteiger charge is -2.30. The predicted molar refractivity (Wildman–Crippen MR) is 188 cm³/mol. The van der Waals surface area contributed by atoms with Gasteiger partial charge in [-0.25, -0.2) is 9.59 Å². The molecule has 0 aromatic heterocycles. The summed E-state index contributed by atoms with van der Waals surface area (Å²) in [6, 6.07) is 24.0. The van der Waals surface area contributed by atoms with Gasteiger partial charge in [0.1, 0.15) is 12.2 Å². The molecule has 1 heterocycles. The highest BCUT2D eigenvalue weighted by Crippen LogP contribution is 2.25. The van der Waals surface area contributed by atoms with Gasteiger partial charge in [0, 0.05) is 31.2 Å². The molecule has 2 N–H and O–H groups in total. The van der Waals surface area contributed by atoms with Crippen LogP contribution in [-0.4, -0.2) is 60.8 Å². The van der Waals surface area contributed by atoms with Gasteiger partial charge in [-0.2, -0.15) is 0 Å². The number of carbonyl (C=O) groups excluding carboxylic acids is 4. The molecule has 0 aliphatic carbocycles. The molecule has 0 fully saturated rings. The van der Waals surface area contributed by atoms with E-state index in [2.05, 4.69) is 10.6 Å². The van der Waals surface area contributed by atoms with Gasteiger partial charge in [0.25, 0.3) is 5.91 Å². The van der Waals surface area contributed by atoms with Crippen molar-refractivity contribution in [3.8, 4) is 11.1 Å². The van der Waals surface area contributed by atoms with Crippen LogP contribution in [0.15, 0.2) is 90.5 Å². The van der Waals surface area contributed by atoms with Crippen LogP contribution in [0.5, 0.6) is 0 Å². The third-order valence-electron chi connectivity index (χ3n) is 8.16. The van der Waals surface area contributed by atoms with Crippen LogP contribution in [-0.2, 0) is 32.2 Å². The van der Waals surface area contributed by atoms with Crippen LogP contribution in [0.4, 0.5) is 9.59 Å². The molecule has 2 atom stereocenters. The van der Waals surface area contributed by atoms with Crippen molar-refractivity contribution in [1.82, 2.24) is 15.5 Å². The Bertz CT molecular complexity index is 1610. The maximum atomic E-state index is 13.4. The Labute approximate surface area is 288 Å². The summed E-state index contributed by atoms with van der Waals surface area (Å²) in [5, 5.41) is 5.82. The summed E-state index contributed by atoms with van der Waals surface area (Å²) in [5.74, 6) is -1.36. The van der Waals surface area contributed by atoms with Crippen molar-refractivity contribution in [2.24, 2.45) is 5.92 Å². The third-order valence-corrected chi connectivity index (χ3v) is 8.16.